The number of fused-ring (bicyclic) bond motifs is 1. The molecule has 0 bridgehead atoms. The number of nitrogens with one attached hydrogen (secondary N) is 1. The average molecular weight is 384 g/mol. The second-order valence-corrected chi connectivity index (χ2v) is 6.53. The molecule has 28 heavy (non-hydrogen) atoms. The Bertz CT molecular complexity index is 854. The minimum Gasteiger partial charge on any atom is -0.492 e. The highest BCUT2D eigenvalue weighted by molar-refractivity contribution is 5.75. The molecule has 0 fully saturated rings. The molecule has 0 saturated carbocycles. The van der Waals surface area contributed by atoms with Crippen LogP contribution in [-0.2, 0) is 17.8 Å². The Kier molecular flexibility index (Phi) is 6.00. The van der Waals surface area contributed by atoms with E-state index in [-0.39, 0.29) is 5.96 Å². The maximum absolute atomic E-state index is 11.8. The van der Waals surface area contributed by atoms with E-state index in [2.05, 4.69) is 0 Å². The van der Waals surface area contributed by atoms with Crippen molar-refractivity contribution in [3.63, 3.8) is 0 Å². The number of carbonyl (C=O) groups is 1. The molecule has 6 N–H and O–H groups in total. The molecule has 0 radical (unpaired) electrons. The lowest BCUT2D eigenvalue weighted by Gasteiger charge is -2.29. The predicted octanol–water partition coefficient (Wildman–Crippen LogP) is 1.48. The van der Waals surface area contributed by atoms with Crippen LogP contribution < -0.4 is 20.9 Å². The fourth-order valence-corrected chi connectivity index (χ4v) is 3.13. The van der Waals surface area contributed by atoms with E-state index in [4.69, 9.17) is 26.4 Å². The fourth-order valence-electron chi connectivity index (χ4n) is 3.13. The number of hydrogen-bond donors (Lipinski definition) is 4. The Morgan fingerprint density at radius 2 is 1.89 bits per heavy atom. The molecule has 0 aliphatic carbocycles. The van der Waals surface area contributed by atoms with E-state index in [1.165, 1.54) is 0 Å². The SMILES string of the molecule is N=C(N)N1CCc2ccc(OC(C(=O)O)c3ccc(OCCN)cc3)cc2C1. The van der Waals surface area contributed by atoms with E-state index in [9.17, 15) is 9.90 Å². The average Bonchev–Trinajstić information content (AvgIpc) is 2.70. The van der Waals surface area contributed by atoms with Crippen LogP contribution in [0, 0.1) is 5.41 Å². The third-order valence-corrected chi connectivity index (χ3v) is 4.58. The quantitative estimate of drug-likeness (QED) is 0.419. The molecule has 1 aliphatic rings. The number of rotatable bonds is 7. The van der Waals surface area contributed by atoms with E-state index in [0.29, 0.717) is 43.3 Å². The lowest BCUT2D eigenvalue weighted by atomic mass is 9.99. The smallest absolute Gasteiger partial charge is 0.349 e. The van der Waals surface area contributed by atoms with Crippen LogP contribution >= 0.6 is 0 Å². The molecule has 1 aliphatic heterocycles. The number of ether oxygens (including phenoxy) is 2. The van der Waals surface area contributed by atoms with Crippen molar-refractivity contribution in [1.29, 1.82) is 5.41 Å². The van der Waals surface area contributed by atoms with Gasteiger partial charge >= 0.3 is 5.97 Å². The van der Waals surface area contributed by atoms with Crippen molar-refractivity contribution < 1.29 is 19.4 Å². The molecule has 2 aromatic rings. The number of guanidine groups is 1. The summed E-state index contributed by atoms with van der Waals surface area (Å²) in [4.78, 5) is 13.5. The lowest BCUT2D eigenvalue weighted by molar-refractivity contribution is -0.145. The van der Waals surface area contributed by atoms with Gasteiger partial charge in [-0.3, -0.25) is 5.41 Å². The summed E-state index contributed by atoms with van der Waals surface area (Å²) in [7, 11) is 0. The Morgan fingerprint density at radius 1 is 1.18 bits per heavy atom. The molecule has 1 heterocycles. The maximum atomic E-state index is 11.8. The van der Waals surface area contributed by atoms with Gasteiger partial charge in [0.1, 0.15) is 18.1 Å². The first-order valence-corrected chi connectivity index (χ1v) is 9.01. The van der Waals surface area contributed by atoms with Crippen LogP contribution in [0.25, 0.3) is 0 Å². The highest BCUT2D eigenvalue weighted by atomic mass is 16.5. The summed E-state index contributed by atoms with van der Waals surface area (Å²) in [5.74, 6) is 0.0208. The van der Waals surface area contributed by atoms with Crippen molar-refractivity contribution in [1.82, 2.24) is 4.90 Å². The van der Waals surface area contributed by atoms with Crippen LogP contribution in [0.4, 0.5) is 0 Å². The molecule has 0 aromatic heterocycles. The Hall–Kier alpha value is -3.26. The summed E-state index contributed by atoms with van der Waals surface area (Å²) in [6, 6.07) is 12.3. The molecule has 0 spiro atoms. The van der Waals surface area contributed by atoms with E-state index >= 15 is 0 Å². The number of benzene rings is 2. The monoisotopic (exact) mass is 384 g/mol. The molecule has 1 atom stereocenters. The Labute approximate surface area is 163 Å². The first-order chi connectivity index (χ1) is 13.5. The van der Waals surface area contributed by atoms with Crippen LogP contribution in [-0.4, -0.2) is 41.6 Å². The number of carboxylic acids is 1. The van der Waals surface area contributed by atoms with Crippen molar-refractivity contribution in [2.75, 3.05) is 19.7 Å². The standard InChI is InChI=1S/C20H24N4O4/c21-8-10-27-16-4-2-14(3-5-16)18(19(25)26)28-17-6-1-13-7-9-24(20(22)23)12-15(13)11-17/h1-6,11,18H,7-10,12,21H2,(H3,22,23)(H,25,26). The van der Waals surface area contributed by atoms with Crippen molar-refractivity contribution in [2.45, 2.75) is 19.1 Å². The molecular weight excluding hydrogens is 360 g/mol. The van der Waals surface area contributed by atoms with Gasteiger partial charge in [-0.2, -0.15) is 0 Å². The van der Waals surface area contributed by atoms with Crippen LogP contribution in [0.1, 0.15) is 22.8 Å². The number of hydrogen-bond acceptors (Lipinski definition) is 5. The van der Waals surface area contributed by atoms with E-state index in [1.54, 1.807) is 35.2 Å². The minimum absolute atomic E-state index is 0.0253. The van der Waals surface area contributed by atoms with Gasteiger partial charge in [0.15, 0.2) is 5.96 Å². The van der Waals surface area contributed by atoms with Crippen LogP contribution in [0.3, 0.4) is 0 Å². The second kappa shape index (κ2) is 8.62. The first-order valence-electron chi connectivity index (χ1n) is 9.01. The third kappa shape index (κ3) is 4.52. The normalized spacial score (nSPS) is 14.1. The van der Waals surface area contributed by atoms with Gasteiger partial charge in [-0.1, -0.05) is 18.2 Å². The molecule has 3 rings (SSSR count). The van der Waals surface area contributed by atoms with Gasteiger partial charge in [-0.05, 0) is 41.8 Å². The zero-order chi connectivity index (χ0) is 20.1. The number of nitrogens with zero attached hydrogens (tertiary/aromatic N) is 1. The van der Waals surface area contributed by atoms with E-state index in [1.807, 2.05) is 12.1 Å². The van der Waals surface area contributed by atoms with E-state index < -0.39 is 12.1 Å². The van der Waals surface area contributed by atoms with Crippen molar-refractivity contribution in [3.05, 3.63) is 59.2 Å². The summed E-state index contributed by atoms with van der Waals surface area (Å²) >= 11 is 0. The predicted molar refractivity (Wildman–Crippen MR) is 104 cm³/mol. The summed E-state index contributed by atoms with van der Waals surface area (Å²) in [6.07, 6.45) is -0.365. The molecule has 148 valence electrons. The van der Waals surface area contributed by atoms with Gasteiger partial charge < -0.3 is 30.9 Å². The lowest BCUT2D eigenvalue weighted by Crippen LogP contribution is -2.40. The number of carboxylic acid groups (broad SMARTS) is 1. The highest BCUT2D eigenvalue weighted by Gasteiger charge is 2.23. The molecule has 0 amide bonds. The molecular formula is C20H24N4O4. The minimum atomic E-state index is -1.14. The molecule has 8 nitrogen and oxygen atoms in total. The molecule has 1 unspecified atom stereocenters. The Balaban J connectivity index is 1.77. The highest BCUT2D eigenvalue weighted by Crippen LogP contribution is 2.28. The van der Waals surface area contributed by atoms with Gasteiger partial charge in [0.05, 0.1) is 0 Å². The van der Waals surface area contributed by atoms with Crippen LogP contribution in [0.5, 0.6) is 11.5 Å². The van der Waals surface area contributed by atoms with Crippen molar-refractivity contribution >= 4 is 11.9 Å². The van der Waals surface area contributed by atoms with Gasteiger partial charge in [0.25, 0.3) is 0 Å². The van der Waals surface area contributed by atoms with Crippen LogP contribution in [0.2, 0.25) is 0 Å². The number of nitrogens with two attached hydrogens (primary N) is 2. The zero-order valence-corrected chi connectivity index (χ0v) is 15.4. The summed E-state index contributed by atoms with van der Waals surface area (Å²) in [6.45, 7) is 2.00. The van der Waals surface area contributed by atoms with Crippen molar-refractivity contribution in [3.8, 4) is 11.5 Å². The fraction of sp³-hybridized carbons (Fsp3) is 0.300. The van der Waals surface area contributed by atoms with Gasteiger partial charge in [0.2, 0.25) is 6.10 Å². The third-order valence-electron chi connectivity index (χ3n) is 4.58. The topological polar surface area (TPSA) is 135 Å². The summed E-state index contributed by atoms with van der Waals surface area (Å²) in [5, 5.41) is 17.2. The largest absolute Gasteiger partial charge is 0.492 e. The number of aliphatic carboxylic acids is 1. The molecule has 8 heteroatoms. The van der Waals surface area contributed by atoms with Crippen LogP contribution in [0.15, 0.2) is 42.5 Å². The van der Waals surface area contributed by atoms with Crippen molar-refractivity contribution in [2.24, 2.45) is 11.5 Å². The second-order valence-electron chi connectivity index (χ2n) is 6.53. The summed E-state index contributed by atoms with van der Waals surface area (Å²) < 4.78 is 11.2. The molecule has 2 aromatic carbocycles. The van der Waals surface area contributed by atoms with Gasteiger partial charge in [0, 0.05) is 25.2 Å². The van der Waals surface area contributed by atoms with E-state index in [0.717, 1.165) is 17.5 Å². The zero-order valence-electron chi connectivity index (χ0n) is 15.4. The maximum Gasteiger partial charge on any atom is 0.349 e. The van der Waals surface area contributed by atoms with Gasteiger partial charge in [-0.25, -0.2) is 4.79 Å². The Morgan fingerprint density at radius 3 is 2.54 bits per heavy atom. The van der Waals surface area contributed by atoms with Gasteiger partial charge in [-0.15, -0.1) is 0 Å². The molecule has 0 saturated heterocycles. The summed E-state index contributed by atoms with van der Waals surface area (Å²) in [5.41, 5.74) is 13.6. The first kappa shape index (κ1) is 19.5.